The van der Waals surface area contributed by atoms with Crippen LogP contribution >= 0.6 is 0 Å². The van der Waals surface area contributed by atoms with Crippen LogP contribution in [0.5, 0.6) is 0 Å². The van der Waals surface area contributed by atoms with Crippen molar-refractivity contribution in [2.24, 2.45) is 0 Å². The van der Waals surface area contributed by atoms with Gasteiger partial charge in [-0.1, -0.05) is 12.1 Å². The number of aryl methyl sites for hydroxylation is 2. The highest BCUT2D eigenvalue weighted by Crippen LogP contribution is 2.26. The van der Waals surface area contributed by atoms with Crippen molar-refractivity contribution in [3.63, 3.8) is 0 Å². The van der Waals surface area contributed by atoms with Crippen LogP contribution in [0.2, 0.25) is 0 Å². The summed E-state index contributed by atoms with van der Waals surface area (Å²) in [4.78, 5) is 15.7. The van der Waals surface area contributed by atoms with Gasteiger partial charge in [-0.25, -0.2) is 4.98 Å². The van der Waals surface area contributed by atoms with Crippen molar-refractivity contribution in [2.75, 3.05) is 0 Å². The number of carboxylic acids is 1. The maximum absolute atomic E-state index is 11.2. The Balaban J connectivity index is 1.75. The summed E-state index contributed by atoms with van der Waals surface area (Å²) < 4.78 is 7.73. The summed E-state index contributed by atoms with van der Waals surface area (Å²) in [6, 6.07) is 9.42. The average Bonchev–Trinajstić information content (AvgIpc) is 3.16. The number of aliphatic carboxylic acids is 1. The van der Waals surface area contributed by atoms with E-state index in [0.717, 1.165) is 25.1 Å². The Morgan fingerprint density at radius 1 is 1.33 bits per heavy atom. The zero-order valence-corrected chi connectivity index (χ0v) is 13.1. The van der Waals surface area contributed by atoms with Gasteiger partial charge < -0.3 is 9.52 Å². The van der Waals surface area contributed by atoms with Gasteiger partial charge in [0.2, 0.25) is 5.89 Å². The van der Waals surface area contributed by atoms with Crippen molar-refractivity contribution in [1.82, 2.24) is 14.8 Å². The number of fused-ring (bicyclic) bond motifs is 2. The number of rotatable bonds is 4. The van der Waals surface area contributed by atoms with Crippen LogP contribution in [-0.2, 0) is 17.8 Å². The molecule has 24 heavy (non-hydrogen) atoms. The molecule has 1 aromatic carbocycles. The minimum Gasteiger partial charge on any atom is -0.481 e. The predicted molar refractivity (Wildman–Crippen MR) is 89.3 cm³/mol. The maximum Gasteiger partial charge on any atom is 0.308 e. The number of carboxylic acid groups (broad SMARTS) is 1. The predicted octanol–water partition coefficient (Wildman–Crippen LogP) is 3.38. The summed E-state index contributed by atoms with van der Waals surface area (Å²) in [6.07, 6.45) is 4.92. The molecule has 0 spiro atoms. The molecule has 0 aliphatic carbocycles. The highest BCUT2D eigenvalue weighted by molar-refractivity contribution is 5.90. The van der Waals surface area contributed by atoms with Gasteiger partial charge in [0.1, 0.15) is 5.52 Å². The number of benzene rings is 1. The molecule has 3 heterocycles. The molecule has 0 bridgehead atoms. The molecule has 0 saturated heterocycles. The number of nitrogens with zero attached hydrogens (tertiary/aromatic N) is 3. The fraction of sp³-hybridized carbons (Fsp3) is 0.278. The molecule has 0 unspecified atom stereocenters. The highest BCUT2D eigenvalue weighted by Gasteiger charge is 2.16. The standard InChI is InChI=1S/C18H17N3O3/c22-17(23)10-12(18-19-15-6-1-2-7-16(15)24-18)9-13-11-14-5-3-4-8-21(14)20-13/h1-2,6-7,9,11H,3-5,8,10H2,(H,22,23). The number of carbonyl (C=O) groups is 1. The van der Waals surface area contributed by atoms with Gasteiger partial charge in [0.05, 0.1) is 12.1 Å². The molecule has 0 radical (unpaired) electrons. The van der Waals surface area contributed by atoms with E-state index < -0.39 is 5.97 Å². The third kappa shape index (κ3) is 2.82. The van der Waals surface area contributed by atoms with Crippen LogP contribution in [0.15, 0.2) is 34.7 Å². The van der Waals surface area contributed by atoms with Crippen molar-refractivity contribution in [3.05, 3.63) is 47.6 Å². The van der Waals surface area contributed by atoms with Crippen LogP contribution in [0.1, 0.15) is 36.5 Å². The molecule has 0 atom stereocenters. The molecule has 1 aliphatic rings. The van der Waals surface area contributed by atoms with Crippen LogP contribution in [0, 0.1) is 0 Å². The monoisotopic (exact) mass is 323 g/mol. The first kappa shape index (κ1) is 14.7. The minimum atomic E-state index is -0.924. The fourth-order valence-corrected chi connectivity index (χ4v) is 3.05. The Bertz CT molecular complexity index is 880. The van der Waals surface area contributed by atoms with Gasteiger partial charge in [-0.3, -0.25) is 9.48 Å². The molecule has 122 valence electrons. The van der Waals surface area contributed by atoms with E-state index >= 15 is 0 Å². The maximum atomic E-state index is 11.2. The lowest BCUT2D eigenvalue weighted by atomic mass is 10.1. The smallest absolute Gasteiger partial charge is 0.308 e. The van der Waals surface area contributed by atoms with Crippen LogP contribution < -0.4 is 0 Å². The van der Waals surface area contributed by atoms with Crippen molar-refractivity contribution < 1.29 is 14.3 Å². The molecule has 3 aromatic rings. The SMILES string of the molecule is O=C(O)CC(=Cc1cc2n(n1)CCCC2)c1nc2ccccc2o1. The number of oxazole rings is 1. The third-order valence-electron chi connectivity index (χ3n) is 4.17. The van der Waals surface area contributed by atoms with E-state index in [0.29, 0.717) is 22.6 Å². The molecule has 1 aliphatic heterocycles. The van der Waals surface area contributed by atoms with Crippen LogP contribution in [0.4, 0.5) is 0 Å². The molecule has 6 nitrogen and oxygen atoms in total. The zero-order chi connectivity index (χ0) is 16.5. The second kappa shape index (κ2) is 5.96. The Labute approximate surface area is 138 Å². The van der Waals surface area contributed by atoms with E-state index in [2.05, 4.69) is 10.1 Å². The van der Waals surface area contributed by atoms with E-state index in [1.54, 1.807) is 6.08 Å². The zero-order valence-electron chi connectivity index (χ0n) is 13.1. The van der Waals surface area contributed by atoms with Gasteiger partial charge >= 0.3 is 5.97 Å². The van der Waals surface area contributed by atoms with E-state index in [1.807, 2.05) is 35.0 Å². The lowest BCUT2D eigenvalue weighted by Crippen LogP contribution is -2.10. The van der Waals surface area contributed by atoms with Gasteiger partial charge in [0, 0.05) is 17.8 Å². The number of para-hydroxylation sites is 2. The molecule has 1 N–H and O–H groups in total. The summed E-state index contributed by atoms with van der Waals surface area (Å²) in [5, 5.41) is 13.8. The van der Waals surface area contributed by atoms with Crippen molar-refractivity contribution >= 4 is 28.7 Å². The third-order valence-corrected chi connectivity index (χ3v) is 4.17. The number of hydrogen-bond donors (Lipinski definition) is 1. The molecule has 2 aromatic heterocycles. The Hall–Kier alpha value is -2.89. The van der Waals surface area contributed by atoms with Gasteiger partial charge in [0.15, 0.2) is 5.58 Å². The minimum absolute atomic E-state index is 0.158. The topological polar surface area (TPSA) is 81.1 Å². The second-order valence-electron chi connectivity index (χ2n) is 5.97. The van der Waals surface area contributed by atoms with E-state index in [-0.39, 0.29) is 6.42 Å². The first-order valence-corrected chi connectivity index (χ1v) is 8.04. The van der Waals surface area contributed by atoms with Crippen LogP contribution in [0.3, 0.4) is 0 Å². The summed E-state index contributed by atoms with van der Waals surface area (Å²) >= 11 is 0. The van der Waals surface area contributed by atoms with Gasteiger partial charge in [-0.2, -0.15) is 5.10 Å². The largest absolute Gasteiger partial charge is 0.481 e. The highest BCUT2D eigenvalue weighted by atomic mass is 16.4. The molecule has 0 amide bonds. The molecular weight excluding hydrogens is 306 g/mol. The molecular formula is C18H17N3O3. The summed E-state index contributed by atoms with van der Waals surface area (Å²) in [5.41, 5.74) is 3.83. The first-order valence-electron chi connectivity index (χ1n) is 8.04. The van der Waals surface area contributed by atoms with Gasteiger partial charge in [-0.05, 0) is 43.5 Å². The normalized spacial score (nSPS) is 14.8. The van der Waals surface area contributed by atoms with E-state index in [9.17, 15) is 9.90 Å². The second-order valence-corrected chi connectivity index (χ2v) is 5.97. The lowest BCUT2D eigenvalue weighted by Gasteiger charge is -2.11. The van der Waals surface area contributed by atoms with Crippen molar-refractivity contribution in [2.45, 2.75) is 32.2 Å². The fourth-order valence-electron chi connectivity index (χ4n) is 3.05. The summed E-state index contributed by atoms with van der Waals surface area (Å²) in [5.74, 6) is -0.586. The van der Waals surface area contributed by atoms with E-state index in [4.69, 9.17) is 4.42 Å². The van der Waals surface area contributed by atoms with Gasteiger partial charge in [0.25, 0.3) is 0 Å². The lowest BCUT2D eigenvalue weighted by molar-refractivity contribution is -0.135. The number of aromatic nitrogens is 3. The van der Waals surface area contributed by atoms with Crippen LogP contribution in [0.25, 0.3) is 22.7 Å². The first-order chi connectivity index (χ1) is 11.7. The number of hydrogen-bond acceptors (Lipinski definition) is 4. The van der Waals surface area contributed by atoms with Crippen molar-refractivity contribution in [1.29, 1.82) is 0 Å². The average molecular weight is 323 g/mol. The summed E-state index contributed by atoms with van der Waals surface area (Å²) in [6.45, 7) is 0.917. The quantitative estimate of drug-likeness (QED) is 0.796. The Kier molecular flexibility index (Phi) is 3.65. The van der Waals surface area contributed by atoms with Crippen LogP contribution in [-0.4, -0.2) is 25.8 Å². The molecule has 0 fully saturated rings. The Morgan fingerprint density at radius 3 is 3.00 bits per heavy atom. The molecule has 0 saturated carbocycles. The van der Waals surface area contributed by atoms with Gasteiger partial charge in [-0.15, -0.1) is 0 Å². The summed E-state index contributed by atoms with van der Waals surface area (Å²) in [7, 11) is 0. The van der Waals surface area contributed by atoms with Crippen molar-refractivity contribution in [3.8, 4) is 0 Å². The molecule has 6 heteroatoms. The Morgan fingerprint density at radius 2 is 2.21 bits per heavy atom. The van der Waals surface area contributed by atoms with E-state index in [1.165, 1.54) is 12.1 Å². The molecule has 4 rings (SSSR count).